The van der Waals surface area contributed by atoms with Crippen molar-refractivity contribution in [2.45, 2.75) is 44.3 Å². The SMILES string of the molecule is CC(NS(=O)(=O)c1cc(CN)n(C(C)C)c1)c1cccs1. The van der Waals surface area contributed by atoms with Gasteiger partial charge in [-0.1, -0.05) is 6.07 Å². The van der Waals surface area contributed by atoms with Gasteiger partial charge in [-0.15, -0.1) is 11.3 Å². The molecule has 0 fully saturated rings. The molecule has 2 aromatic rings. The monoisotopic (exact) mass is 327 g/mol. The Balaban J connectivity index is 2.27. The molecule has 1 unspecified atom stereocenters. The van der Waals surface area contributed by atoms with Crippen LogP contribution in [-0.4, -0.2) is 13.0 Å². The summed E-state index contributed by atoms with van der Waals surface area (Å²) in [5, 5.41) is 1.93. The van der Waals surface area contributed by atoms with Gasteiger partial charge in [0.1, 0.15) is 0 Å². The van der Waals surface area contributed by atoms with Crippen LogP contribution in [0.4, 0.5) is 0 Å². The Morgan fingerprint density at radius 3 is 2.57 bits per heavy atom. The molecule has 2 aromatic heterocycles. The summed E-state index contributed by atoms with van der Waals surface area (Å²) in [4.78, 5) is 1.25. The van der Waals surface area contributed by atoms with E-state index in [9.17, 15) is 8.42 Å². The maximum atomic E-state index is 12.5. The molecule has 5 nitrogen and oxygen atoms in total. The summed E-state index contributed by atoms with van der Waals surface area (Å²) in [7, 11) is -3.55. The Kier molecular flexibility index (Phi) is 4.88. The lowest BCUT2D eigenvalue weighted by molar-refractivity contribution is 0.563. The van der Waals surface area contributed by atoms with Crippen molar-refractivity contribution in [3.8, 4) is 0 Å². The summed E-state index contributed by atoms with van der Waals surface area (Å²) in [6.07, 6.45) is 1.65. The van der Waals surface area contributed by atoms with E-state index in [0.717, 1.165) is 10.6 Å². The predicted octanol–water partition coefficient (Wildman–Crippen LogP) is 2.63. The lowest BCUT2D eigenvalue weighted by Gasteiger charge is -2.12. The normalized spacial score (nSPS) is 13.8. The van der Waals surface area contributed by atoms with E-state index in [0.29, 0.717) is 6.54 Å². The lowest BCUT2D eigenvalue weighted by Crippen LogP contribution is -2.26. The van der Waals surface area contributed by atoms with Crippen molar-refractivity contribution in [1.82, 2.24) is 9.29 Å². The van der Waals surface area contributed by atoms with Crippen LogP contribution >= 0.6 is 11.3 Å². The molecule has 0 aromatic carbocycles. The molecule has 0 saturated heterocycles. The zero-order valence-electron chi connectivity index (χ0n) is 12.4. The Bertz CT molecular complexity index is 688. The molecule has 0 bridgehead atoms. The van der Waals surface area contributed by atoms with Crippen LogP contribution in [-0.2, 0) is 16.6 Å². The molecule has 0 saturated carbocycles. The highest BCUT2D eigenvalue weighted by Gasteiger charge is 2.22. The van der Waals surface area contributed by atoms with Gasteiger partial charge in [-0.05, 0) is 38.3 Å². The summed E-state index contributed by atoms with van der Waals surface area (Å²) in [5.41, 5.74) is 6.50. The van der Waals surface area contributed by atoms with Gasteiger partial charge in [0.2, 0.25) is 10.0 Å². The number of rotatable bonds is 6. The molecule has 2 rings (SSSR count). The Hall–Kier alpha value is -1.15. The summed E-state index contributed by atoms with van der Waals surface area (Å²) in [6.45, 7) is 6.15. The quantitative estimate of drug-likeness (QED) is 0.856. The topological polar surface area (TPSA) is 77.1 Å². The highest BCUT2D eigenvalue weighted by atomic mass is 32.2. The van der Waals surface area contributed by atoms with Crippen molar-refractivity contribution in [2.75, 3.05) is 0 Å². The number of nitrogens with one attached hydrogen (secondary N) is 1. The second-order valence-electron chi connectivity index (χ2n) is 5.23. The fourth-order valence-electron chi connectivity index (χ4n) is 2.18. The van der Waals surface area contributed by atoms with Gasteiger partial charge in [-0.25, -0.2) is 13.1 Å². The number of sulfonamides is 1. The average molecular weight is 327 g/mol. The van der Waals surface area contributed by atoms with E-state index in [-0.39, 0.29) is 17.0 Å². The molecule has 7 heteroatoms. The van der Waals surface area contributed by atoms with Crippen LogP contribution in [0, 0.1) is 0 Å². The van der Waals surface area contributed by atoms with Gasteiger partial charge < -0.3 is 10.3 Å². The molecular formula is C14H21N3O2S2. The summed E-state index contributed by atoms with van der Waals surface area (Å²) < 4.78 is 29.6. The number of hydrogen-bond acceptors (Lipinski definition) is 4. The second kappa shape index (κ2) is 6.31. The van der Waals surface area contributed by atoms with E-state index in [4.69, 9.17) is 5.73 Å². The largest absolute Gasteiger partial charge is 0.346 e. The third-order valence-corrected chi connectivity index (χ3v) is 5.85. The number of thiophene rings is 1. The Morgan fingerprint density at radius 2 is 2.10 bits per heavy atom. The lowest BCUT2D eigenvalue weighted by atomic mass is 10.3. The first-order valence-electron chi connectivity index (χ1n) is 6.81. The van der Waals surface area contributed by atoms with Crippen molar-refractivity contribution in [2.24, 2.45) is 5.73 Å². The molecule has 3 N–H and O–H groups in total. The van der Waals surface area contributed by atoms with Crippen LogP contribution in [0.15, 0.2) is 34.7 Å². The molecule has 0 spiro atoms. The third-order valence-electron chi connectivity index (χ3n) is 3.28. The van der Waals surface area contributed by atoms with Gasteiger partial charge >= 0.3 is 0 Å². The number of hydrogen-bond donors (Lipinski definition) is 2. The molecule has 116 valence electrons. The molecule has 0 aliphatic rings. The van der Waals surface area contributed by atoms with Crippen LogP contribution in [0.1, 0.15) is 43.4 Å². The molecule has 0 aliphatic heterocycles. The van der Waals surface area contributed by atoms with E-state index in [1.54, 1.807) is 12.3 Å². The van der Waals surface area contributed by atoms with Gasteiger partial charge in [0.25, 0.3) is 0 Å². The predicted molar refractivity (Wildman–Crippen MR) is 85.8 cm³/mol. The van der Waals surface area contributed by atoms with Crippen molar-refractivity contribution >= 4 is 21.4 Å². The molecule has 0 amide bonds. The first-order valence-corrected chi connectivity index (χ1v) is 9.18. The van der Waals surface area contributed by atoms with Crippen LogP contribution in [0.3, 0.4) is 0 Å². The third kappa shape index (κ3) is 3.55. The van der Waals surface area contributed by atoms with E-state index in [1.165, 1.54) is 11.3 Å². The summed E-state index contributed by atoms with van der Waals surface area (Å²) in [5.74, 6) is 0. The highest BCUT2D eigenvalue weighted by Crippen LogP contribution is 2.23. The van der Waals surface area contributed by atoms with Gasteiger partial charge in [0, 0.05) is 29.4 Å². The zero-order chi connectivity index (χ0) is 15.6. The fraction of sp³-hybridized carbons (Fsp3) is 0.429. The van der Waals surface area contributed by atoms with Crippen LogP contribution in [0.25, 0.3) is 0 Å². The van der Waals surface area contributed by atoms with E-state index >= 15 is 0 Å². The first kappa shape index (κ1) is 16.2. The first-order chi connectivity index (χ1) is 9.85. The average Bonchev–Trinajstić information content (AvgIpc) is 3.07. The van der Waals surface area contributed by atoms with Crippen LogP contribution in [0.2, 0.25) is 0 Å². The maximum absolute atomic E-state index is 12.5. The van der Waals surface area contributed by atoms with Gasteiger partial charge in [0.15, 0.2) is 0 Å². The van der Waals surface area contributed by atoms with Gasteiger partial charge in [-0.2, -0.15) is 0 Å². The van der Waals surface area contributed by atoms with Crippen molar-refractivity contribution in [3.05, 3.63) is 40.3 Å². The van der Waals surface area contributed by atoms with Crippen LogP contribution in [0.5, 0.6) is 0 Å². The smallest absolute Gasteiger partial charge is 0.242 e. The van der Waals surface area contributed by atoms with Gasteiger partial charge in [-0.3, -0.25) is 0 Å². The minimum Gasteiger partial charge on any atom is -0.346 e. The summed E-state index contributed by atoms with van der Waals surface area (Å²) in [6, 6.07) is 5.39. The zero-order valence-corrected chi connectivity index (χ0v) is 14.0. The molecule has 21 heavy (non-hydrogen) atoms. The van der Waals surface area contributed by atoms with Crippen molar-refractivity contribution in [1.29, 1.82) is 0 Å². The minimum absolute atomic E-state index is 0.169. The number of nitrogens with zero attached hydrogens (tertiary/aromatic N) is 1. The summed E-state index contributed by atoms with van der Waals surface area (Å²) >= 11 is 1.53. The van der Waals surface area contributed by atoms with Gasteiger partial charge in [0.05, 0.1) is 10.9 Å². The molecule has 0 radical (unpaired) electrons. The molecular weight excluding hydrogens is 306 g/mol. The van der Waals surface area contributed by atoms with E-state index in [1.807, 2.05) is 42.9 Å². The second-order valence-corrected chi connectivity index (χ2v) is 7.92. The molecule has 0 aliphatic carbocycles. The molecule has 1 atom stereocenters. The highest BCUT2D eigenvalue weighted by molar-refractivity contribution is 7.89. The standard InChI is InChI=1S/C14H21N3O2S2/c1-10(2)17-9-13(7-12(17)8-15)21(18,19)16-11(3)14-5-4-6-20-14/h4-7,9-11,16H,8,15H2,1-3H3. The fourth-order valence-corrected chi connectivity index (χ4v) is 4.27. The number of aromatic nitrogens is 1. The van der Waals surface area contributed by atoms with Crippen molar-refractivity contribution < 1.29 is 8.42 Å². The van der Waals surface area contributed by atoms with E-state index < -0.39 is 10.0 Å². The Morgan fingerprint density at radius 1 is 1.38 bits per heavy atom. The van der Waals surface area contributed by atoms with Crippen molar-refractivity contribution in [3.63, 3.8) is 0 Å². The van der Waals surface area contributed by atoms with E-state index in [2.05, 4.69) is 4.72 Å². The molecule has 2 heterocycles. The maximum Gasteiger partial charge on any atom is 0.242 e. The minimum atomic E-state index is -3.55. The number of nitrogens with two attached hydrogens (primary N) is 1. The Labute approximate surface area is 129 Å². The van der Waals surface area contributed by atoms with Crippen LogP contribution < -0.4 is 10.5 Å².